The lowest BCUT2D eigenvalue weighted by Crippen LogP contribution is -2.49. The number of hydrogen-bond acceptors (Lipinski definition) is 6. The van der Waals surface area contributed by atoms with Crippen LogP contribution in [0.25, 0.3) is 5.57 Å². The number of fused-ring (bicyclic) bond motifs is 1. The van der Waals surface area contributed by atoms with E-state index < -0.39 is 11.1 Å². The largest absolute Gasteiger partial charge is 0.373 e. The van der Waals surface area contributed by atoms with Gasteiger partial charge in [0.25, 0.3) is 0 Å². The van der Waals surface area contributed by atoms with Gasteiger partial charge in [-0.05, 0) is 71.9 Å². The van der Waals surface area contributed by atoms with Gasteiger partial charge < -0.3 is 26.0 Å². The fourth-order valence-electron chi connectivity index (χ4n) is 4.94. The van der Waals surface area contributed by atoms with Crippen molar-refractivity contribution >= 4 is 29.1 Å². The summed E-state index contributed by atoms with van der Waals surface area (Å²) in [5.74, 6) is 2.01. The van der Waals surface area contributed by atoms with Crippen molar-refractivity contribution in [2.24, 2.45) is 0 Å². The van der Waals surface area contributed by atoms with Gasteiger partial charge in [0.1, 0.15) is 0 Å². The van der Waals surface area contributed by atoms with E-state index in [2.05, 4.69) is 27.8 Å². The Bertz CT molecular complexity index is 1030. The number of ether oxygens (including phenoxy) is 1. The number of rotatable bonds is 14. The Hall–Kier alpha value is -2.45. The van der Waals surface area contributed by atoms with Crippen LogP contribution < -0.4 is 21.3 Å². The summed E-state index contributed by atoms with van der Waals surface area (Å²) in [5.41, 5.74) is 2.26. The topological polar surface area (TPSA) is 91.5 Å². The predicted molar refractivity (Wildman–Crippen MR) is 162 cm³/mol. The van der Waals surface area contributed by atoms with Crippen molar-refractivity contribution in [3.8, 4) is 0 Å². The number of hydrogen-bond donors (Lipinski definition) is 4. The van der Waals surface area contributed by atoms with Gasteiger partial charge in [0.2, 0.25) is 11.8 Å². The second-order valence-electron chi connectivity index (χ2n) is 12.2. The molecule has 8 heteroatoms. The molecule has 2 heterocycles. The van der Waals surface area contributed by atoms with E-state index in [1.165, 1.54) is 5.56 Å². The van der Waals surface area contributed by atoms with Gasteiger partial charge in [0.15, 0.2) is 0 Å². The lowest BCUT2D eigenvalue weighted by Gasteiger charge is -2.32. The van der Waals surface area contributed by atoms with Crippen LogP contribution in [0.5, 0.6) is 0 Å². The highest BCUT2D eigenvalue weighted by molar-refractivity contribution is 8.00. The molecule has 2 amide bonds. The summed E-state index contributed by atoms with van der Waals surface area (Å²) in [6.07, 6.45) is 5.86. The van der Waals surface area contributed by atoms with E-state index in [9.17, 15) is 9.59 Å². The zero-order valence-electron chi connectivity index (χ0n) is 24.6. The summed E-state index contributed by atoms with van der Waals surface area (Å²) in [4.78, 5) is 25.0. The molecular formula is C31H48N4O3S. The van der Waals surface area contributed by atoms with E-state index in [0.717, 1.165) is 42.0 Å². The van der Waals surface area contributed by atoms with Crippen molar-refractivity contribution in [1.82, 2.24) is 21.3 Å². The van der Waals surface area contributed by atoms with E-state index in [0.29, 0.717) is 43.3 Å². The van der Waals surface area contributed by atoms with Crippen molar-refractivity contribution in [2.75, 3.05) is 18.9 Å². The number of aryl methyl sites for hydroxylation is 1. The van der Waals surface area contributed by atoms with Crippen molar-refractivity contribution in [2.45, 2.75) is 102 Å². The van der Waals surface area contributed by atoms with Crippen LogP contribution in [0, 0.1) is 6.92 Å². The minimum atomic E-state index is -0.472. The van der Waals surface area contributed by atoms with E-state index >= 15 is 0 Å². The number of unbranched alkanes of at least 4 members (excludes halogenated alkanes) is 1. The molecule has 4 N–H and O–H groups in total. The fraction of sp³-hybridized carbons (Fsp3) is 0.613. The third-order valence-electron chi connectivity index (χ3n) is 7.35. The van der Waals surface area contributed by atoms with Gasteiger partial charge in [-0.1, -0.05) is 42.8 Å². The minimum absolute atomic E-state index is 0.0652. The molecule has 7 nitrogen and oxygen atoms in total. The number of carbonyl (C=O) groups is 2. The number of carbonyl (C=O) groups excluding carboxylic acids is 2. The maximum atomic E-state index is 12.6. The molecule has 1 aromatic rings. The first kappa shape index (κ1) is 31.1. The zero-order valence-corrected chi connectivity index (χ0v) is 25.4. The Balaban J connectivity index is 1.30. The molecule has 2 aliphatic rings. The summed E-state index contributed by atoms with van der Waals surface area (Å²) >= 11 is 2.01. The highest BCUT2D eigenvalue weighted by Gasteiger charge is 2.40. The van der Waals surface area contributed by atoms with Crippen LogP contribution in [0.1, 0.15) is 77.8 Å². The number of allylic oxidation sites excluding steroid dienone is 1. The molecule has 0 spiro atoms. The minimum Gasteiger partial charge on any atom is -0.373 e. The summed E-state index contributed by atoms with van der Waals surface area (Å²) in [6.45, 7) is 16.9. The molecule has 1 unspecified atom stereocenters. The van der Waals surface area contributed by atoms with Gasteiger partial charge in [-0.25, -0.2) is 0 Å². The van der Waals surface area contributed by atoms with Crippen LogP contribution in [0.15, 0.2) is 42.7 Å². The van der Waals surface area contributed by atoms with Crippen LogP contribution in [0.3, 0.4) is 0 Å². The van der Waals surface area contributed by atoms with Crippen molar-refractivity contribution < 1.29 is 14.3 Å². The van der Waals surface area contributed by atoms with Crippen LogP contribution in [-0.4, -0.2) is 59.2 Å². The van der Waals surface area contributed by atoms with Crippen molar-refractivity contribution in [3.63, 3.8) is 0 Å². The molecule has 3 atom stereocenters. The van der Waals surface area contributed by atoms with Gasteiger partial charge in [0.05, 0.1) is 35.7 Å². The molecule has 2 fully saturated rings. The molecule has 0 saturated carbocycles. The Morgan fingerprint density at radius 2 is 1.87 bits per heavy atom. The van der Waals surface area contributed by atoms with E-state index in [-0.39, 0.29) is 11.8 Å². The Kier molecular flexibility index (Phi) is 11.0. The second-order valence-corrected chi connectivity index (χ2v) is 13.5. The number of thioether (sulfide) groups is 1. The Morgan fingerprint density at radius 1 is 1.15 bits per heavy atom. The molecule has 2 aliphatic heterocycles. The van der Waals surface area contributed by atoms with Gasteiger partial charge in [0, 0.05) is 30.0 Å². The van der Waals surface area contributed by atoms with Gasteiger partial charge in [-0.3, -0.25) is 9.59 Å². The quantitative estimate of drug-likeness (QED) is 0.197. The highest BCUT2D eigenvalue weighted by Crippen LogP contribution is 2.34. The van der Waals surface area contributed by atoms with E-state index in [1.807, 2.05) is 77.6 Å². The first-order chi connectivity index (χ1) is 18.3. The fourth-order valence-corrected chi connectivity index (χ4v) is 6.48. The zero-order chi connectivity index (χ0) is 28.6. The van der Waals surface area contributed by atoms with E-state index in [1.54, 1.807) is 6.08 Å². The van der Waals surface area contributed by atoms with Crippen LogP contribution in [0.2, 0.25) is 0 Å². The van der Waals surface area contributed by atoms with Crippen LogP contribution >= 0.6 is 11.8 Å². The molecule has 0 radical (unpaired) electrons. The Morgan fingerprint density at radius 3 is 2.59 bits per heavy atom. The number of amides is 2. The lowest BCUT2D eigenvalue weighted by molar-refractivity contribution is -0.125. The van der Waals surface area contributed by atoms with Crippen LogP contribution in [0.4, 0.5) is 0 Å². The maximum Gasteiger partial charge on any atom is 0.244 e. The Labute approximate surface area is 239 Å². The lowest BCUT2D eigenvalue weighted by atomic mass is 10.0. The summed E-state index contributed by atoms with van der Waals surface area (Å²) in [5, 5.41) is 13.6. The average molecular weight is 557 g/mol. The average Bonchev–Trinajstić information content (AvgIpc) is 3.40. The second kappa shape index (κ2) is 13.8. The first-order valence-corrected chi connectivity index (χ1v) is 15.2. The maximum absolute atomic E-state index is 12.6. The molecule has 39 heavy (non-hydrogen) atoms. The SMILES string of the molecule is C=C1N[C@H]2CSC(CCCCC(=O)NC(C)(C)COC(C)(C)CCNC(=O)/C=C(\C)c3ccc(C)cc3)[C@H]2N1. The molecule has 0 aromatic heterocycles. The van der Waals surface area contributed by atoms with Crippen molar-refractivity contribution in [1.29, 1.82) is 0 Å². The molecule has 3 rings (SSSR count). The van der Waals surface area contributed by atoms with Gasteiger partial charge in [-0.15, -0.1) is 0 Å². The number of nitrogens with one attached hydrogen (secondary N) is 4. The summed E-state index contributed by atoms with van der Waals surface area (Å²) in [7, 11) is 0. The molecule has 0 aliphatic carbocycles. The first-order valence-electron chi connectivity index (χ1n) is 14.2. The van der Waals surface area contributed by atoms with E-state index in [4.69, 9.17) is 4.74 Å². The summed E-state index contributed by atoms with van der Waals surface area (Å²) in [6, 6.07) is 9.09. The predicted octanol–water partition coefficient (Wildman–Crippen LogP) is 4.67. The molecule has 2 saturated heterocycles. The smallest absolute Gasteiger partial charge is 0.244 e. The molecule has 1 aromatic carbocycles. The third-order valence-corrected chi connectivity index (χ3v) is 8.86. The van der Waals surface area contributed by atoms with Gasteiger partial charge >= 0.3 is 0 Å². The van der Waals surface area contributed by atoms with Crippen molar-refractivity contribution in [3.05, 3.63) is 53.9 Å². The summed E-state index contributed by atoms with van der Waals surface area (Å²) < 4.78 is 6.18. The molecular weight excluding hydrogens is 508 g/mol. The number of benzene rings is 1. The normalized spacial score (nSPS) is 21.2. The molecule has 216 valence electrons. The third kappa shape index (κ3) is 10.2. The van der Waals surface area contributed by atoms with Crippen LogP contribution in [-0.2, 0) is 14.3 Å². The highest BCUT2D eigenvalue weighted by atomic mass is 32.2. The standard InChI is InChI=1S/C31H48N4O3S/c1-21-12-14-24(15-13-21)22(2)18-28(37)32-17-16-31(6,7)38-20-30(4,5)35-27(36)11-9-8-10-26-29-25(19-39-26)33-23(3)34-29/h12-15,18,25-26,29,33-34H,3,8-11,16-17,19-20H2,1-2,4-7H3,(H,32,37)(H,35,36)/b22-18+/t25-,26?,29-/m0/s1. The monoisotopic (exact) mass is 556 g/mol. The van der Waals surface area contributed by atoms with Gasteiger partial charge in [-0.2, -0.15) is 11.8 Å². The molecule has 0 bridgehead atoms.